The second-order valence-electron chi connectivity index (χ2n) is 5.80. The Hall–Kier alpha value is -3.12. The van der Waals surface area contributed by atoms with Crippen molar-refractivity contribution in [2.45, 2.75) is 6.92 Å². The first-order chi connectivity index (χ1) is 12.7. The minimum atomic E-state index is -0.205. The van der Waals surface area contributed by atoms with Crippen molar-refractivity contribution < 1.29 is 14.3 Å². The lowest BCUT2D eigenvalue weighted by atomic mass is 10.1. The molecule has 5 nitrogen and oxygen atoms in total. The molecule has 0 fully saturated rings. The van der Waals surface area contributed by atoms with Crippen molar-refractivity contribution in [3.8, 4) is 11.5 Å². The normalized spacial score (nSPS) is 12.7. The summed E-state index contributed by atoms with van der Waals surface area (Å²) in [4.78, 5) is 27.0. The third kappa shape index (κ3) is 2.84. The molecule has 4 rings (SSSR count). The summed E-state index contributed by atoms with van der Waals surface area (Å²) in [6.07, 6.45) is 0. The fourth-order valence-electron chi connectivity index (χ4n) is 2.91. The zero-order chi connectivity index (χ0) is 18.1. The number of hydrogen-bond donors (Lipinski definition) is 1. The van der Waals surface area contributed by atoms with E-state index in [1.54, 1.807) is 34.5 Å². The molecule has 2 heterocycles. The quantitative estimate of drug-likeness (QED) is 0.728. The van der Waals surface area contributed by atoms with Crippen LogP contribution >= 0.6 is 11.3 Å². The summed E-state index contributed by atoms with van der Waals surface area (Å²) in [5.41, 5.74) is 2.31. The molecule has 0 saturated carbocycles. The van der Waals surface area contributed by atoms with Crippen LogP contribution in [0.25, 0.3) is 0 Å². The Balaban J connectivity index is 1.71. The number of rotatable bonds is 3. The highest BCUT2D eigenvalue weighted by Crippen LogP contribution is 2.39. The molecule has 0 spiro atoms. The monoisotopic (exact) mass is 364 g/mol. The van der Waals surface area contributed by atoms with E-state index in [1.807, 2.05) is 36.6 Å². The summed E-state index contributed by atoms with van der Waals surface area (Å²) in [5, 5.41) is 6.46. The smallest absolute Gasteiger partial charge is 0.262 e. The van der Waals surface area contributed by atoms with E-state index in [1.165, 1.54) is 11.3 Å². The highest BCUT2D eigenvalue weighted by Gasteiger charge is 2.27. The summed E-state index contributed by atoms with van der Waals surface area (Å²) in [5.74, 6) is 0.756. The van der Waals surface area contributed by atoms with E-state index in [-0.39, 0.29) is 11.8 Å². The number of nitrogens with zero attached hydrogens (tertiary/aromatic N) is 1. The van der Waals surface area contributed by atoms with Gasteiger partial charge in [0.15, 0.2) is 5.75 Å². The Morgan fingerprint density at radius 1 is 1.15 bits per heavy atom. The van der Waals surface area contributed by atoms with Crippen molar-refractivity contribution in [1.82, 2.24) is 0 Å². The van der Waals surface area contributed by atoms with Gasteiger partial charge in [-0.25, -0.2) is 0 Å². The van der Waals surface area contributed by atoms with Gasteiger partial charge in [-0.3, -0.25) is 9.59 Å². The van der Waals surface area contributed by atoms with Crippen molar-refractivity contribution in [2.75, 3.05) is 16.8 Å². The van der Waals surface area contributed by atoms with Gasteiger partial charge in [0.05, 0.1) is 16.8 Å². The summed E-state index contributed by atoms with van der Waals surface area (Å²) < 4.78 is 5.96. The molecular formula is C20H16N2O3S. The Bertz CT molecular complexity index is 982. The number of anilines is 2. The Labute approximate surface area is 154 Å². The van der Waals surface area contributed by atoms with E-state index < -0.39 is 0 Å². The van der Waals surface area contributed by atoms with Crippen molar-refractivity contribution in [3.05, 3.63) is 70.4 Å². The SMILES string of the molecule is CCN1C(=O)c2cc(NC(=O)c3ccsc3)ccc2Oc2ccccc21. The molecule has 1 aliphatic heterocycles. The maximum Gasteiger partial charge on any atom is 0.262 e. The van der Waals surface area contributed by atoms with Crippen LogP contribution in [-0.4, -0.2) is 18.4 Å². The summed E-state index contributed by atoms with van der Waals surface area (Å²) in [7, 11) is 0. The second-order valence-corrected chi connectivity index (χ2v) is 6.58. The zero-order valence-corrected chi connectivity index (χ0v) is 14.9. The number of hydrogen-bond acceptors (Lipinski definition) is 4. The van der Waals surface area contributed by atoms with Crippen molar-refractivity contribution >= 4 is 34.5 Å². The van der Waals surface area contributed by atoms with E-state index in [9.17, 15) is 9.59 Å². The number of ether oxygens (including phenoxy) is 1. The standard InChI is InChI=1S/C20H16N2O3S/c1-2-22-16-5-3-4-6-18(16)25-17-8-7-14(11-15(17)20(22)24)21-19(23)13-9-10-26-12-13/h3-12H,2H2,1H3,(H,21,23). The highest BCUT2D eigenvalue weighted by atomic mass is 32.1. The molecule has 2 amide bonds. The van der Waals surface area contributed by atoms with Gasteiger partial charge in [0.25, 0.3) is 11.8 Å². The van der Waals surface area contributed by atoms with Crippen LogP contribution < -0.4 is 15.0 Å². The van der Waals surface area contributed by atoms with Gasteiger partial charge >= 0.3 is 0 Å². The summed E-state index contributed by atoms with van der Waals surface area (Å²) in [6, 6.07) is 14.3. The average Bonchev–Trinajstić information content (AvgIpc) is 3.16. The highest BCUT2D eigenvalue weighted by molar-refractivity contribution is 7.08. The van der Waals surface area contributed by atoms with Gasteiger partial charge in [0, 0.05) is 17.6 Å². The topological polar surface area (TPSA) is 58.6 Å². The molecule has 2 aromatic carbocycles. The van der Waals surface area contributed by atoms with Gasteiger partial charge in [-0.2, -0.15) is 11.3 Å². The number of amides is 2. The van der Waals surface area contributed by atoms with E-state index in [0.29, 0.717) is 34.9 Å². The number of para-hydroxylation sites is 2. The van der Waals surface area contributed by atoms with Crippen molar-refractivity contribution in [3.63, 3.8) is 0 Å². The predicted molar refractivity (Wildman–Crippen MR) is 103 cm³/mol. The third-order valence-electron chi connectivity index (χ3n) is 4.19. The molecule has 0 bridgehead atoms. The van der Waals surface area contributed by atoms with Gasteiger partial charge in [0.1, 0.15) is 5.75 Å². The molecule has 3 aromatic rings. The van der Waals surface area contributed by atoms with Crippen LogP contribution in [0.15, 0.2) is 59.3 Å². The zero-order valence-electron chi connectivity index (χ0n) is 14.1. The Morgan fingerprint density at radius 3 is 2.77 bits per heavy atom. The van der Waals surface area contributed by atoms with E-state index in [4.69, 9.17) is 4.74 Å². The molecule has 1 N–H and O–H groups in total. The minimum absolute atomic E-state index is 0.154. The molecule has 26 heavy (non-hydrogen) atoms. The molecule has 0 radical (unpaired) electrons. The number of benzene rings is 2. The molecular weight excluding hydrogens is 348 g/mol. The lowest BCUT2D eigenvalue weighted by molar-refractivity contribution is 0.0985. The van der Waals surface area contributed by atoms with Gasteiger partial charge in [-0.05, 0) is 48.7 Å². The number of nitrogens with one attached hydrogen (secondary N) is 1. The first-order valence-corrected chi connectivity index (χ1v) is 9.18. The lowest BCUT2D eigenvalue weighted by Crippen LogP contribution is -2.29. The maximum absolute atomic E-state index is 13.0. The van der Waals surface area contributed by atoms with Crippen LogP contribution in [0.2, 0.25) is 0 Å². The van der Waals surface area contributed by atoms with Crippen LogP contribution in [-0.2, 0) is 0 Å². The molecule has 0 saturated heterocycles. The number of fused-ring (bicyclic) bond motifs is 2. The average molecular weight is 364 g/mol. The van der Waals surface area contributed by atoms with Crippen LogP contribution in [0, 0.1) is 0 Å². The fourth-order valence-corrected chi connectivity index (χ4v) is 3.55. The first-order valence-electron chi connectivity index (χ1n) is 8.23. The molecule has 130 valence electrons. The van der Waals surface area contributed by atoms with Crippen LogP contribution in [0.4, 0.5) is 11.4 Å². The minimum Gasteiger partial charge on any atom is -0.454 e. The van der Waals surface area contributed by atoms with Gasteiger partial charge in [-0.1, -0.05) is 12.1 Å². The molecule has 0 aliphatic carbocycles. The second kappa shape index (κ2) is 6.65. The van der Waals surface area contributed by atoms with Crippen LogP contribution in [0.1, 0.15) is 27.6 Å². The van der Waals surface area contributed by atoms with Gasteiger partial charge in [0.2, 0.25) is 0 Å². The molecule has 1 aromatic heterocycles. The number of carbonyl (C=O) groups is 2. The molecule has 0 atom stereocenters. The van der Waals surface area contributed by atoms with Gasteiger partial charge in [-0.15, -0.1) is 0 Å². The Morgan fingerprint density at radius 2 is 2.00 bits per heavy atom. The van der Waals surface area contributed by atoms with E-state index in [0.717, 1.165) is 5.69 Å². The van der Waals surface area contributed by atoms with E-state index >= 15 is 0 Å². The van der Waals surface area contributed by atoms with Crippen LogP contribution in [0.5, 0.6) is 11.5 Å². The van der Waals surface area contributed by atoms with Crippen molar-refractivity contribution in [1.29, 1.82) is 0 Å². The summed E-state index contributed by atoms with van der Waals surface area (Å²) >= 11 is 1.46. The third-order valence-corrected chi connectivity index (χ3v) is 4.87. The molecule has 6 heteroatoms. The largest absolute Gasteiger partial charge is 0.454 e. The lowest BCUT2D eigenvalue weighted by Gasteiger charge is -2.19. The Kier molecular flexibility index (Phi) is 4.18. The summed E-state index contributed by atoms with van der Waals surface area (Å²) in [6.45, 7) is 2.44. The fraction of sp³-hybridized carbons (Fsp3) is 0.100. The van der Waals surface area contributed by atoms with Crippen molar-refractivity contribution in [2.24, 2.45) is 0 Å². The first kappa shape index (κ1) is 16.4. The number of thiophene rings is 1. The van der Waals surface area contributed by atoms with Gasteiger partial charge < -0.3 is 15.0 Å². The van der Waals surface area contributed by atoms with Crippen LogP contribution in [0.3, 0.4) is 0 Å². The maximum atomic E-state index is 13.0. The molecule has 1 aliphatic rings. The predicted octanol–water partition coefficient (Wildman–Crippen LogP) is 4.77. The van der Waals surface area contributed by atoms with E-state index in [2.05, 4.69) is 5.32 Å². The molecule has 0 unspecified atom stereocenters. The number of carbonyl (C=O) groups excluding carboxylic acids is 2.